The molecule has 3 N–H and O–H groups in total. The minimum Gasteiger partial charge on any atom is -0.380 e. The van der Waals surface area contributed by atoms with Gasteiger partial charge < -0.3 is 15.8 Å². The molecule has 96 valence electrons. The van der Waals surface area contributed by atoms with E-state index in [1.807, 2.05) is 24.3 Å². The molecule has 0 aliphatic rings. The molecule has 17 heavy (non-hydrogen) atoms. The highest BCUT2D eigenvalue weighted by Gasteiger charge is 2.07. The molecule has 1 aromatic carbocycles. The van der Waals surface area contributed by atoms with E-state index in [1.165, 1.54) is 0 Å². The second-order valence-electron chi connectivity index (χ2n) is 3.71. The van der Waals surface area contributed by atoms with Crippen LogP contribution < -0.4 is 11.1 Å². The Hall–Kier alpha value is -1.10. The number of nitrogens with two attached hydrogens (primary N) is 1. The van der Waals surface area contributed by atoms with Crippen molar-refractivity contribution >= 4 is 18.3 Å². The van der Waals surface area contributed by atoms with E-state index in [4.69, 9.17) is 10.5 Å². The van der Waals surface area contributed by atoms with Gasteiger partial charge in [0.15, 0.2) is 0 Å². The van der Waals surface area contributed by atoms with Crippen LogP contribution in [0.3, 0.4) is 0 Å². The summed E-state index contributed by atoms with van der Waals surface area (Å²) in [6.07, 6.45) is 0. The van der Waals surface area contributed by atoms with Crippen LogP contribution in [0.1, 0.15) is 18.1 Å². The van der Waals surface area contributed by atoms with Gasteiger partial charge >= 0.3 is 0 Å². The fourth-order valence-electron chi connectivity index (χ4n) is 1.37. The van der Waals surface area contributed by atoms with E-state index >= 15 is 0 Å². The summed E-state index contributed by atoms with van der Waals surface area (Å²) in [5, 5.41) is 2.78. The van der Waals surface area contributed by atoms with Crippen molar-refractivity contribution in [2.24, 2.45) is 5.73 Å². The van der Waals surface area contributed by atoms with Crippen molar-refractivity contribution in [3.05, 3.63) is 35.4 Å². The quantitative estimate of drug-likeness (QED) is 0.835. The first-order chi connectivity index (χ1) is 7.65. The predicted molar refractivity (Wildman–Crippen MR) is 69.9 cm³/mol. The first kappa shape index (κ1) is 15.9. The van der Waals surface area contributed by atoms with E-state index in [2.05, 4.69) is 5.32 Å². The molecule has 1 aromatic rings. The van der Waals surface area contributed by atoms with Gasteiger partial charge in [-0.25, -0.2) is 0 Å². The number of ether oxygens (including phenoxy) is 1. The van der Waals surface area contributed by atoms with E-state index in [0.717, 1.165) is 11.1 Å². The lowest BCUT2D eigenvalue weighted by atomic mass is 10.1. The van der Waals surface area contributed by atoms with Crippen molar-refractivity contribution in [3.8, 4) is 0 Å². The summed E-state index contributed by atoms with van der Waals surface area (Å²) in [4.78, 5) is 11.3. The van der Waals surface area contributed by atoms with Crippen LogP contribution in [0.25, 0.3) is 0 Å². The van der Waals surface area contributed by atoms with E-state index < -0.39 is 6.04 Å². The van der Waals surface area contributed by atoms with Crippen molar-refractivity contribution < 1.29 is 9.53 Å². The summed E-state index contributed by atoms with van der Waals surface area (Å²) in [5.41, 5.74) is 7.59. The molecule has 1 amide bonds. The van der Waals surface area contributed by atoms with Crippen LogP contribution in [0.2, 0.25) is 0 Å². The Balaban J connectivity index is 0.00000256. The number of halogens is 1. The first-order valence-corrected chi connectivity index (χ1v) is 5.24. The number of amides is 1. The maximum Gasteiger partial charge on any atom is 0.236 e. The highest BCUT2D eigenvalue weighted by Crippen LogP contribution is 2.09. The third-order valence-corrected chi connectivity index (χ3v) is 2.28. The third kappa shape index (κ3) is 5.17. The fourth-order valence-corrected chi connectivity index (χ4v) is 1.37. The zero-order valence-corrected chi connectivity index (χ0v) is 10.9. The largest absolute Gasteiger partial charge is 0.380 e. The van der Waals surface area contributed by atoms with Gasteiger partial charge in [0.05, 0.1) is 12.6 Å². The summed E-state index contributed by atoms with van der Waals surface area (Å²) < 4.78 is 5.09. The lowest BCUT2D eigenvalue weighted by molar-refractivity contribution is -0.122. The maximum atomic E-state index is 11.3. The van der Waals surface area contributed by atoms with Crippen LogP contribution in [-0.4, -0.2) is 19.1 Å². The number of nitrogens with one attached hydrogen (secondary N) is 1. The molecule has 1 atom stereocenters. The molecule has 0 fully saturated rings. The Morgan fingerprint density at radius 2 is 2.00 bits per heavy atom. The monoisotopic (exact) mass is 258 g/mol. The second-order valence-corrected chi connectivity index (χ2v) is 3.71. The lowest BCUT2D eigenvalue weighted by Crippen LogP contribution is -2.37. The molecule has 0 aliphatic carbocycles. The summed E-state index contributed by atoms with van der Waals surface area (Å²) >= 11 is 0. The van der Waals surface area contributed by atoms with E-state index in [0.29, 0.717) is 13.2 Å². The standard InChI is InChI=1S/C12H18N2O2.ClH/c1-9(13)12(15)14-7-10-5-3-4-6-11(10)8-16-2;/h3-6,9H,7-8,13H2,1-2H3,(H,14,15);1H/t9-;/m0./s1. The van der Waals surface area contributed by atoms with Crippen LogP contribution in [0.5, 0.6) is 0 Å². The van der Waals surface area contributed by atoms with Gasteiger partial charge in [-0.05, 0) is 18.1 Å². The van der Waals surface area contributed by atoms with Crippen molar-refractivity contribution in [3.63, 3.8) is 0 Å². The van der Waals surface area contributed by atoms with Gasteiger partial charge in [0, 0.05) is 13.7 Å². The highest BCUT2D eigenvalue weighted by molar-refractivity contribution is 5.85. The Labute approximate surface area is 108 Å². The van der Waals surface area contributed by atoms with Crippen LogP contribution >= 0.6 is 12.4 Å². The second kappa shape index (κ2) is 8.06. The number of rotatable bonds is 5. The maximum absolute atomic E-state index is 11.3. The van der Waals surface area contributed by atoms with Gasteiger partial charge in [0.25, 0.3) is 0 Å². The average Bonchev–Trinajstić information content (AvgIpc) is 2.27. The molecule has 0 heterocycles. The molecule has 0 unspecified atom stereocenters. The topological polar surface area (TPSA) is 64.3 Å². The van der Waals surface area contributed by atoms with Crippen LogP contribution in [0.4, 0.5) is 0 Å². The van der Waals surface area contributed by atoms with Crippen molar-refractivity contribution in [1.82, 2.24) is 5.32 Å². The minimum atomic E-state index is -0.477. The van der Waals surface area contributed by atoms with Crippen LogP contribution in [-0.2, 0) is 22.7 Å². The van der Waals surface area contributed by atoms with E-state index in [-0.39, 0.29) is 18.3 Å². The number of carbonyl (C=O) groups excluding carboxylic acids is 1. The zero-order chi connectivity index (χ0) is 12.0. The number of benzene rings is 1. The molecule has 0 bridgehead atoms. The molecule has 0 aliphatic heterocycles. The van der Waals surface area contributed by atoms with E-state index in [9.17, 15) is 4.79 Å². The van der Waals surface area contributed by atoms with E-state index in [1.54, 1.807) is 14.0 Å². The summed E-state index contributed by atoms with van der Waals surface area (Å²) in [6.45, 7) is 2.69. The molecule has 1 rings (SSSR count). The Kier molecular flexibility index (Phi) is 7.54. The zero-order valence-electron chi connectivity index (χ0n) is 10.1. The smallest absolute Gasteiger partial charge is 0.236 e. The fraction of sp³-hybridized carbons (Fsp3) is 0.417. The number of hydrogen-bond acceptors (Lipinski definition) is 3. The van der Waals surface area contributed by atoms with Crippen molar-refractivity contribution in [1.29, 1.82) is 0 Å². The Morgan fingerprint density at radius 1 is 1.41 bits per heavy atom. The summed E-state index contributed by atoms with van der Waals surface area (Å²) in [5.74, 6) is -0.146. The van der Waals surface area contributed by atoms with Gasteiger partial charge in [-0.2, -0.15) is 0 Å². The molecule has 4 nitrogen and oxygen atoms in total. The molecule has 0 radical (unpaired) electrons. The number of hydrogen-bond donors (Lipinski definition) is 2. The number of methoxy groups -OCH3 is 1. The van der Waals surface area contributed by atoms with Gasteiger partial charge in [-0.1, -0.05) is 24.3 Å². The summed E-state index contributed by atoms with van der Waals surface area (Å²) in [6, 6.07) is 7.36. The summed E-state index contributed by atoms with van der Waals surface area (Å²) in [7, 11) is 1.65. The Morgan fingerprint density at radius 3 is 2.53 bits per heavy atom. The lowest BCUT2D eigenvalue weighted by Gasteiger charge is -2.11. The van der Waals surface area contributed by atoms with Gasteiger partial charge in [0.1, 0.15) is 0 Å². The highest BCUT2D eigenvalue weighted by atomic mass is 35.5. The first-order valence-electron chi connectivity index (χ1n) is 5.24. The van der Waals surface area contributed by atoms with Crippen molar-refractivity contribution in [2.75, 3.05) is 7.11 Å². The SMILES string of the molecule is COCc1ccccc1CNC(=O)[C@H](C)N.Cl. The van der Waals surface area contributed by atoms with Gasteiger partial charge in [0.2, 0.25) is 5.91 Å². The third-order valence-electron chi connectivity index (χ3n) is 2.28. The number of carbonyl (C=O) groups is 1. The normalized spacial score (nSPS) is 11.5. The molecule has 0 aromatic heterocycles. The van der Waals surface area contributed by atoms with Crippen molar-refractivity contribution in [2.45, 2.75) is 26.1 Å². The molecular formula is C12H19ClN2O2. The van der Waals surface area contributed by atoms with Gasteiger partial charge in [-0.3, -0.25) is 4.79 Å². The average molecular weight is 259 g/mol. The Bertz CT molecular complexity index is 356. The molecule has 0 saturated carbocycles. The molecule has 0 spiro atoms. The molecule has 5 heteroatoms. The predicted octanol–water partition coefficient (Wildman–Crippen LogP) is 1.22. The molecule has 0 saturated heterocycles. The molecular weight excluding hydrogens is 240 g/mol. The van der Waals surface area contributed by atoms with Crippen LogP contribution in [0, 0.1) is 0 Å². The van der Waals surface area contributed by atoms with Crippen LogP contribution in [0.15, 0.2) is 24.3 Å². The van der Waals surface area contributed by atoms with Gasteiger partial charge in [-0.15, -0.1) is 12.4 Å². The minimum absolute atomic E-state index is 0.